The van der Waals surface area contributed by atoms with Crippen molar-refractivity contribution in [3.8, 4) is 0 Å². The monoisotopic (exact) mass is 304 g/mol. The number of Topliss-reactive ketones (excluding diaryl/α,β-unsaturated/α-hetero) is 2. The lowest BCUT2D eigenvalue weighted by Crippen LogP contribution is -2.37. The standard InChI is InChI=1S/C16H20N2O4/c1-10-4-5-13(11(2)8-10)14(20)9-15(21)16(22)18-7-6-17-12(3)19/h4-5,8H,6-7,9H2,1-3H3,(H,17,19)(H,18,22). The normalized spacial score (nSPS) is 9.95. The van der Waals surface area contributed by atoms with Gasteiger partial charge in [0, 0.05) is 25.6 Å². The average molecular weight is 304 g/mol. The summed E-state index contributed by atoms with van der Waals surface area (Å²) >= 11 is 0. The molecule has 0 atom stereocenters. The van der Waals surface area contributed by atoms with E-state index in [1.54, 1.807) is 19.1 Å². The van der Waals surface area contributed by atoms with Crippen LogP contribution in [0.15, 0.2) is 18.2 Å². The molecule has 22 heavy (non-hydrogen) atoms. The maximum absolute atomic E-state index is 12.1. The molecule has 0 aliphatic carbocycles. The Morgan fingerprint density at radius 1 is 1.00 bits per heavy atom. The van der Waals surface area contributed by atoms with Crippen molar-refractivity contribution in [3.05, 3.63) is 34.9 Å². The van der Waals surface area contributed by atoms with E-state index in [4.69, 9.17) is 0 Å². The van der Waals surface area contributed by atoms with E-state index in [9.17, 15) is 19.2 Å². The van der Waals surface area contributed by atoms with Crippen LogP contribution >= 0.6 is 0 Å². The molecule has 2 amide bonds. The number of amides is 2. The number of nitrogens with one attached hydrogen (secondary N) is 2. The van der Waals surface area contributed by atoms with Gasteiger partial charge in [0.25, 0.3) is 5.91 Å². The van der Waals surface area contributed by atoms with E-state index in [2.05, 4.69) is 10.6 Å². The largest absolute Gasteiger partial charge is 0.355 e. The molecule has 1 aromatic rings. The highest BCUT2D eigenvalue weighted by Gasteiger charge is 2.19. The molecule has 0 unspecified atom stereocenters. The summed E-state index contributed by atoms with van der Waals surface area (Å²) in [6.07, 6.45) is -0.462. The van der Waals surface area contributed by atoms with Crippen LogP contribution in [0.25, 0.3) is 0 Å². The third-order valence-electron chi connectivity index (χ3n) is 3.04. The van der Waals surface area contributed by atoms with Gasteiger partial charge in [-0.15, -0.1) is 0 Å². The van der Waals surface area contributed by atoms with Crippen molar-refractivity contribution in [3.63, 3.8) is 0 Å². The Labute approximate surface area is 129 Å². The molecule has 118 valence electrons. The minimum absolute atomic E-state index is 0.141. The van der Waals surface area contributed by atoms with Crippen molar-refractivity contribution in [1.82, 2.24) is 10.6 Å². The highest BCUT2D eigenvalue weighted by Crippen LogP contribution is 2.12. The number of benzene rings is 1. The first-order valence-corrected chi connectivity index (χ1v) is 6.97. The molecule has 1 aromatic carbocycles. The van der Waals surface area contributed by atoms with Gasteiger partial charge < -0.3 is 10.6 Å². The molecular weight excluding hydrogens is 284 g/mol. The first kappa shape index (κ1) is 17.6. The van der Waals surface area contributed by atoms with Crippen LogP contribution in [0.4, 0.5) is 0 Å². The Balaban J connectivity index is 2.51. The minimum Gasteiger partial charge on any atom is -0.355 e. The number of aryl methyl sites for hydroxylation is 2. The molecule has 1 rings (SSSR count). The van der Waals surface area contributed by atoms with Gasteiger partial charge in [-0.1, -0.05) is 23.8 Å². The fourth-order valence-electron chi connectivity index (χ4n) is 1.96. The second-order valence-corrected chi connectivity index (χ2v) is 5.08. The second-order valence-electron chi connectivity index (χ2n) is 5.08. The number of hydrogen-bond donors (Lipinski definition) is 2. The van der Waals surface area contributed by atoms with Gasteiger partial charge in [-0.3, -0.25) is 19.2 Å². The second kappa shape index (κ2) is 8.07. The number of rotatable bonds is 7. The van der Waals surface area contributed by atoms with E-state index in [0.29, 0.717) is 5.56 Å². The summed E-state index contributed by atoms with van der Waals surface area (Å²) < 4.78 is 0. The Bertz CT molecular complexity index is 608. The summed E-state index contributed by atoms with van der Waals surface area (Å²) in [7, 11) is 0. The summed E-state index contributed by atoms with van der Waals surface area (Å²) in [5, 5.41) is 4.85. The minimum atomic E-state index is -0.816. The van der Waals surface area contributed by atoms with Crippen LogP contribution in [-0.4, -0.2) is 36.5 Å². The highest BCUT2D eigenvalue weighted by molar-refractivity contribution is 6.40. The Kier molecular flexibility index (Phi) is 6.44. The summed E-state index contributed by atoms with van der Waals surface area (Å²) in [4.78, 5) is 46.0. The molecule has 0 radical (unpaired) electrons. The number of hydrogen-bond acceptors (Lipinski definition) is 4. The Morgan fingerprint density at radius 2 is 1.64 bits per heavy atom. The van der Waals surface area contributed by atoms with Crippen LogP contribution in [0.1, 0.15) is 34.8 Å². The van der Waals surface area contributed by atoms with Crippen LogP contribution in [0.2, 0.25) is 0 Å². The fraction of sp³-hybridized carbons (Fsp3) is 0.375. The molecule has 0 aromatic heterocycles. The van der Waals surface area contributed by atoms with Gasteiger partial charge in [-0.2, -0.15) is 0 Å². The molecule has 2 N–H and O–H groups in total. The predicted octanol–water partition coefficient (Wildman–Crippen LogP) is 0.698. The van der Waals surface area contributed by atoms with Crippen LogP contribution in [0.3, 0.4) is 0 Å². The summed E-state index contributed by atoms with van der Waals surface area (Å²) in [6, 6.07) is 5.30. The van der Waals surface area contributed by atoms with E-state index in [0.717, 1.165) is 11.1 Å². The molecular formula is C16H20N2O4. The molecule has 0 aliphatic rings. The number of carbonyl (C=O) groups excluding carboxylic acids is 4. The van der Waals surface area contributed by atoms with Crippen LogP contribution in [-0.2, 0) is 14.4 Å². The maximum Gasteiger partial charge on any atom is 0.287 e. The van der Waals surface area contributed by atoms with Crippen LogP contribution in [0.5, 0.6) is 0 Å². The van der Waals surface area contributed by atoms with Crippen molar-refractivity contribution in [2.45, 2.75) is 27.2 Å². The maximum atomic E-state index is 12.1. The third kappa shape index (κ3) is 5.47. The quantitative estimate of drug-likeness (QED) is 0.336. The molecule has 0 fully saturated rings. The van der Waals surface area contributed by atoms with E-state index >= 15 is 0 Å². The summed E-state index contributed by atoms with van der Waals surface area (Å²) in [5.41, 5.74) is 2.25. The Morgan fingerprint density at radius 3 is 2.23 bits per heavy atom. The van der Waals surface area contributed by atoms with Crippen LogP contribution < -0.4 is 10.6 Å². The van der Waals surface area contributed by atoms with Gasteiger partial charge in [-0.25, -0.2) is 0 Å². The number of carbonyl (C=O) groups is 4. The lowest BCUT2D eigenvalue weighted by Gasteiger charge is -2.07. The van der Waals surface area contributed by atoms with Crippen molar-refractivity contribution < 1.29 is 19.2 Å². The summed E-state index contributed by atoms with van der Waals surface area (Å²) in [5.74, 6) is -2.19. The van der Waals surface area contributed by atoms with Crippen molar-refractivity contribution >= 4 is 23.4 Å². The highest BCUT2D eigenvalue weighted by atomic mass is 16.2. The SMILES string of the molecule is CC(=O)NCCNC(=O)C(=O)CC(=O)c1ccc(C)cc1C. The van der Waals surface area contributed by atoms with Gasteiger partial charge in [0.1, 0.15) is 0 Å². The van der Waals surface area contributed by atoms with Crippen molar-refractivity contribution in [2.75, 3.05) is 13.1 Å². The fourth-order valence-corrected chi connectivity index (χ4v) is 1.96. The van der Waals surface area contributed by atoms with Gasteiger partial charge in [0.05, 0.1) is 6.42 Å². The van der Waals surface area contributed by atoms with E-state index in [-0.39, 0.29) is 24.8 Å². The van der Waals surface area contributed by atoms with Gasteiger partial charge in [-0.05, 0) is 19.4 Å². The molecule has 0 bridgehead atoms. The topological polar surface area (TPSA) is 92.3 Å². The molecule has 6 nitrogen and oxygen atoms in total. The first-order chi connectivity index (χ1) is 10.3. The molecule has 6 heteroatoms. The van der Waals surface area contributed by atoms with Crippen molar-refractivity contribution in [1.29, 1.82) is 0 Å². The molecule has 0 saturated carbocycles. The van der Waals surface area contributed by atoms with Crippen LogP contribution in [0, 0.1) is 13.8 Å². The first-order valence-electron chi connectivity index (χ1n) is 6.97. The average Bonchev–Trinajstić information content (AvgIpc) is 2.42. The summed E-state index contributed by atoms with van der Waals surface area (Å²) in [6.45, 7) is 5.43. The Hall–Kier alpha value is -2.50. The molecule has 0 spiro atoms. The molecule has 0 saturated heterocycles. The lowest BCUT2D eigenvalue weighted by molar-refractivity contribution is -0.137. The molecule has 0 aliphatic heterocycles. The zero-order valence-corrected chi connectivity index (χ0v) is 13.0. The number of ketones is 2. The zero-order chi connectivity index (χ0) is 16.7. The van der Waals surface area contributed by atoms with Gasteiger partial charge >= 0.3 is 0 Å². The van der Waals surface area contributed by atoms with E-state index in [1.165, 1.54) is 6.92 Å². The van der Waals surface area contributed by atoms with E-state index in [1.807, 2.05) is 13.0 Å². The predicted molar refractivity (Wildman–Crippen MR) is 81.6 cm³/mol. The smallest absolute Gasteiger partial charge is 0.287 e. The van der Waals surface area contributed by atoms with Gasteiger partial charge in [0.15, 0.2) is 5.78 Å². The van der Waals surface area contributed by atoms with E-state index < -0.39 is 18.1 Å². The zero-order valence-electron chi connectivity index (χ0n) is 13.0. The lowest BCUT2D eigenvalue weighted by atomic mass is 9.99. The van der Waals surface area contributed by atoms with Crippen molar-refractivity contribution in [2.24, 2.45) is 0 Å². The van der Waals surface area contributed by atoms with Gasteiger partial charge in [0.2, 0.25) is 11.7 Å². The molecule has 0 heterocycles. The third-order valence-corrected chi connectivity index (χ3v) is 3.04.